The second-order valence-corrected chi connectivity index (χ2v) is 10.9. The van der Waals surface area contributed by atoms with E-state index in [4.69, 9.17) is 14.5 Å². The van der Waals surface area contributed by atoms with E-state index in [1.807, 2.05) is 12.3 Å². The van der Waals surface area contributed by atoms with Crippen LogP contribution in [0.15, 0.2) is 35.5 Å². The molecular weight excluding hydrogens is 537 g/mol. The van der Waals surface area contributed by atoms with Gasteiger partial charge in [-0.25, -0.2) is 24.1 Å². The van der Waals surface area contributed by atoms with Crippen LogP contribution in [-0.2, 0) is 9.47 Å². The van der Waals surface area contributed by atoms with E-state index in [0.717, 1.165) is 49.7 Å². The predicted octanol–water partition coefficient (Wildman–Crippen LogP) is 6.44. The van der Waals surface area contributed by atoms with Crippen LogP contribution in [0.2, 0.25) is 0 Å². The standard InChI is InChI=1S/C31H44FN7O3/c1-5-6-7-14-41-16-17-42-15-13-38(4)31(40)36-24-9-8-10-25(19-24)39-12-11-23-20-34-29(37-30(23)39)27-21-35-28(33-3)26(27)18-22(2)32/h11-12,18,20-21,24-25,35H,3,5-10,13-17,19H2,1-2,4H3,(H,36,40)/b22-18+/t24-,25+/m1/s1. The Kier molecular flexibility index (Phi) is 11.7. The summed E-state index contributed by atoms with van der Waals surface area (Å²) >= 11 is 0. The fourth-order valence-electron chi connectivity index (χ4n) is 5.36. The number of fused-ring (bicyclic) bond motifs is 1. The maximum atomic E-state index is 13.8. The molecule has 4 rings (SSSR count). The molecule has 3 aromatic rings. The van der Waals surface area contributed by atoms with Crippen molar-refractivity contribution in [2.75, 3.05) is 40.0 Å². The number of unbranched alkanes of at least 4 members (excludes halogenated alkanes) is 2. The Hall–Kier alpha value is -3.57. The Balaban J connectivity index is 1.34. The van der Waals surface area contributed by atoms with Gasteiger partial charge < -0.3 is 29.2 Å². The monoisotopic (exact) mass is 581 g/mol. The van der Waals surface area contributed by atoms with Crippen LogP contribution >= 0.6 is 0 Å². The van der Waals surface area contributed by atoms with Crippen LogP contribution in [0.4, 0.5) is 15.0 Å². The first-order valence-corrected chi connectivity index (χ1v) is 14.9. The Morgan fingerprint density at radius 3 is 2.86 bits per heavy atom. The molecule has 0 saturated heterocycles. The Morgan fingerprint density at radius 2 is 2.10 bits per heavy atom. The van der Waals surface area contributed by atoms with Crippen LogP contribution < -0.4 is 5.32 Å². The minimum absolute atomic E-state index is 0.0602. The van der Waals surface area contributed by atoms with Gasteiger partial charge in [0.05, 0.1) is 25.6 Å². The van der Waals surface area contributed by atoms with Crippen LogP contribution in [0.5, 0.6) is 0 Å². The van der Waals surface area contributed by atoms with Gasteiger partial charge >= 0.3 is 6.03 Å². The number of urea groups is 1. The number of nitrogens with one attached hydrogen (secondary N) is 2. The molecule has 1 fully saturated rings. The van der Waals surface area contributed by atoms with Crippen molar-refractivity contribution in [3.05, 3.63) is 36.0 Å². The lowest BCUT2D eigenvalue weighted by molar-refractivity contribution is 0.0418. The number of aromatic amines is 1. The molecule has 3 aromatic heterocycles. The van der Waals surface area contributed by atoms with Crippen molar-refractivity contribution < 1.29 is 18.7 Å². The van der Waals surface area contributed by atoms with Gasteiger partial charge in [-0.3, -0.25) is 0 Å². The second kappa shape index (κ2) is 15.6. The highest BCUT2D eigenvalue weighted by Crippen LogP contribution is 2.34. The summed E-state index contributed by atoms with van der Waals surface area (Å²) < 4.78 is 27.2. The van der Waals surface area contributed by atoms with Crippen molar-refractivity contribution >= 4 is 35.7 Å². The number of aliphatic imine (C=N–C) groups is 1. The molecule has 2 N–H and O–H groups in total. The molecule has 0 aromatic carbocycles. The van der Waals surface area contributed by atoms with Crippen LogP contribution in [0.3, 0.4) is 0 Å². The van der Waals surface area contributed by atoms with Gasteiger partial charge in [0.15, 0.2) is 5.82 Å². The van der Waals surface area contributed by atoms with Crippen LogP contribution in [-0.4, -0.2) is 83.2 Å². The molecule has 0 spiro atoms. The van der Waals surface area contributed by atoms with Crippen molar-refractivity contribution in [3.63, 3.8) is 0 Å². The maximum Gasteiger partial charge on any atom is 0.317 e. The van der Waals surface area contributed by atoms with Gasteiger partial charge in [0, 0.05) is 67.4 Å². The number of hydrogen-bond acceptors (Lipinski definition) is 6. The molecule has 11 heteroatoms. The Labute approximate surface area is 247 Å². The number of ether oxygens (including phenoxy) is 2. The lowest BCUT2D eigenvalue weighted by Gasteiger charge is -2.32. The van der Waals surface area contributed by atoms with Crippen LogP contribution in [0.25, 0.3) is 28.5 Å². The number of aromatic nitrogens is 4. The minimum Gasteiger partial charge on any atom is -0.379 e. The van der Waals surface area contributed by atoms with Gasteiger partial charge in [-0.1, -0.05) is 19.8 Å². The molecule has 1 aliphatic rings. The Morgan fingerprint density at radius 1 is 1.29 bits per heavy atom. The van der Waals surface area contributed by atoms with Crippen molar-refractivity contribution in [1.82, 2.24) is 29.7 Å². The van der Waals surface area contributed by atoms with Gasteiger partial charge in [0.1, 0.15) is 11.5 Å². The molecule has 2 atom stereocenters. The average Bonchev–Trinajstić information content (AvgIpc) is 3.59. The highest BCUT2D eigenvalue weighted by molar-refractivity contribution is 5.82. The van der Waals surface area contributed by atoms with Crippen LogP contribution in [0.1, 0.15) is 70.4 Å². The first-order chi connectivity index (χ1) is 20.4. The number of amides is 2. The number of nitrogens with zero attached hydrogens (tertiary/aromatic N) is 5. The third kappa shape index (κ3) is 8.25. The summed E-state index contributed by atoms with van der Waals surface area (Å²) in [4.78, 5) is 31.0. The van der Waals surface area contributed by atoms with Gasteiger partial charge in [0.25, 0.3) is 0 Å². The van der Waals surface area contributed by atoms with Crippen molar-refractivity contribution in [3.8, 4) is 11.4 Å². The SMILES string of the molecule is C=Nc1[nH]cc(-c2ncc3ccn([C@H]4CCC[C@@H](NC(=O)N(C)CCOCCOCCCCC)C4)c3n2)c1/C=C(\C)F. The zero-order valence-electron chi connectivity index (χ0n) is 25.1. The summed E-state index contributed by atoms with van der Waals surface area (Å²) in [5.74, 6) is 0.602. The third-order valence-corrected chi connectivity index (χ3v) is 7.65. The van der Waals surface area contributed by atoms with Crippen LogP contribution in [0, 0.1) is 0 Å². The van der Waals surface area contributed by atoms with E-state index in [-0.39, 0.29) is 23.9 Å². The topological polar surface area (TPSA) is 110 Å². The number of H-pyrrole nitrogens is 1. The van der Waals surface area contributed by atoms with Crippen molar-refractivity contribution in [2.45, 2.75) is 70.9 Å². The quantitative estimate of drug-likeness (QED) is 0.159. The molecule has 0 bridgehead atoms. The number of carbonyl (C=O) groups is 1. The molecule has 228 valence electrons. The molecule has 0 radical (unpaired) electrons. The van der Waals surface area contributed by atoms with E-state index in [0.29, 0.717) is 49.1 Å². The van der Waals surface area contributed by atoms with Gasteiger partial charge in [0.2, 0.25) is 0 Å². The highest BCUT2D eigenvalue weighted by Gasteiger charge is 2.27. The molecule has 3 heterocycles. The number of carbonyl (C=O) groups excluding carboxylic acids is 1. The van der Waals surface area contributed by atoms with E-state index >= 15 is 0 Å². The van der Waals surface area contributed by atoms with E-state index < -0.39 is 0 Å². The van der Waals surface area contributed by atoms with E-state index in [1.54, 1.807) is 24.3 Å². The van der Waals surface area contributed by atoms with E-state index in [1.165, 1.54) is 25.8 Å². The normalized spacial score (nSPS) is 17.5. The lowest BCUT2D eigenvalue weighted by Crippen LogP contribution is -2.46. The molecular formula is C31H44FN7O3. The molecule has 1 saturated carbocycles. The number of halogens is 1. The number of allylic oxidation sites excluding steroid dienone is 1. The third-order valence-electron chi connectivity index (χ3n) is 7.65. The van der Waals surface area contributed by atoms with E-state index in [2.05, 4.69) is 38.5 Å². The minimum atomic E-state index is -0.346. The van der Waals surface area contributed by atoms with Gasteiger partial charge in [-0.2, -0.15) is 0 Å². The van der Waals surface area contributed by atoms with Gasteiger partial charge in [-0.05, 0) is 57.9 Å². The molecule has 0 unspecified atom stereocenters. The fraction of sp³-hybridized carbons (Fsp3) is 0.548. The first kappa shape index (κ1) is 31.4. The average molecular weight is 582 g/mol. The second-order valence-electron chi connectivity index (χ2n) is 10.9. The molecule has 10 nitrogen and oxygen atoms in total. The zero-order valence-corrected chi connectivity index (χ0v) is 25.1. The molecule has 0 aliphatic heterocycles. The predicted molar refractivity (Wildman–Crippen MR) is 165 cm³/mol. The summed E-state index contributed by atoms with van der Waals surface area (Å²) in [6, 6.07) is 2.15. The zero-order chi connectivity index (χ0) is 29.9. The summed E-state index contributed by atoms with van der Waals surface area (Å²) in [7, 11) is 1.79. The largest absolute Gasteiger partial charge is 0.379 e. The number of likely N-dealkylation sites (N-methyl/N-ethyl adjacent to an activating group) is 1. The fourth-order valence-corrected chi connectivity index (χ4v) is 5.36. The summed E-state index contributed by atoms with van der Waals surface area (Å²) in [5.41, 5.74) is 2.03. The molecule has 2 amide bonds. The first-order valence-electron chi connectivity index (χ1n) is 14.9. The van der Waals surface area contributed by atoms with Crippen molar-refractivity contribution in [1.29, 1.82) is 0 Å². The van der Waals surface area contributed by atoms with E-state index in [9.17, 15) is 9.18 Å². The molecule has 1 aliphatic carbocycles. The highest BCUT2D eigenvalue weighted by atomic mass is 19.1. The smallest absolute Gasteiger partial charge is 0.317 e. The van der Waals surface area contributed by atoms with Crippen molar-refractivity contribution in [2.24, 2.45) is 4.99 Å². The Bertz CT molecular complexity index is 1350. The molecule has 42 heavy (non-hydrogen) atoms. The lowest BCUT2D eigenvalue weighted by atomic mass is 9.91. The van der Waals surface area contributed by atoms with Gasteiger partial charge in [-0.15, -0.1) is 0 Å². The summed E-state index contributed by atoms with van der Waals surface area (Å²) in [6.07, 6.45) is 14.1. The number of hydrogen-bond donors (Lipinski definition) is 2. The number of rotatable bonds is 15. The summed E-state index contributed by atoms with van der Waals surface area (Å²) in [5, 5.41) is 4.13. The maximum absolute atomic E-state index is 13.8. The summed E-state index contributed by atoms with van der Waals surface area (Å²) in [6.45, 7) is 10.0.